The number of thiazole rings is 1. The lowest BCUT2D eigenvalue weighted by molar-refractivity contribution is -0.128. The van der Waals surface area contributed by atoms with Crippen LogP contribution in [0.3, 0.4) is 0 Å². The van der Waals surface area contributed by atoms with Crippen LogP contribution in [0.5, 0.6) is 0 Å². The molecule has 8 nitrogen and oxygen atoms in total. The second-order valence-corrected chi connectivity index (χ2v) is 10.0. The molecule has 1 fully saturated rings. The lowest BCUT2D eigenvalue weighted by Crippen LogP contribution is -2.36. The molecule has 0 spiro atoms. The van der Waals surface area contributed by atoms with E-state index < -0.39 is 20.7 Å². The number of aromatic nitrogens is 1. The number of nitrogens with one attached hydrogen (secondary N) is 1. The van der Waals surface area contributed by atoms with Crippen molar-refractivity contribution < 1.29 is 22.4 Å². The molecule has 0 atom stereocenters. The number of benzene rings is 2. The van der Waals surface area contributed by atoms with Gasteiger partial charge in [0.2, 0.25) is 0 Å². The Balaban J connectivity index is 1.60. The first-order valence-electron chi connectivity index (χ1n) is 10.5. The summed E-state index contributed by atoms with van der Waals surface area (Å²) < 4.78 is 41.6. The van der Waals surface area contributed by atoms with Crippen LogP contribution in [0.25, 0.3) is 6.08 Å². The topological polar surface area (TPSA) is 91.8 Å². The van der Waals surface area contributed by atoms with Crippen LogP contribution >= 0.6 is 11.3 Å². The second-order valence-electron chi connectivity index (χ2n) is 7.61. The zero-order valence-corrected chi connectivity index (χ0v) is 19.8. The van der Waals surface area contributed by atoms with Gasteiger partial charge < -0.3 is 10.2 Å². The van der Waals surface area contributed by atoms with Crippen LogP contribution in [0.4, 0.5) is 15.9 Å². The third-order valence-electron chi connectivity index (χ3n) is 5.50. The van der Waals surface area contributed by atoms with Crippen molar-refractivity contribution in [3.8, 4) is 0 Å². The van der Waals surface area contributed by atoms with E-state index in [4.69, 9.17) is 0 Å². The van der Waals surface area contributed by atoms with E-state index >= 15 is 4.39 Å². The van der Waals surface area contributed by atoms with Gasteiger partial charge in [-0.3, -0.25) is 9.69 Å². The summed E-state index contributed by atoms with van der Waals surface area (Å²) in [6.45, 7) is 7.10. The van der Waals surface area contributed by atoms with Crippen molar-refractivity contribution in [2.75, 3.05) is 22.9 Å². The van der Waals surface area contributed by atoms with Crippen molar-refractivity contribution >= 4 is 45.4 Å². The molecular weight excluding hydrogens is 479 g/mol. The number of sulfonamides is 1. The van der Waals surface area contributed by atoms with E-state index in [1.54, 1.807) is 0 Å². The van der Waals surface area contributed by atoms with Gasteiger partial charge >= 0.3 is 6.47 Å². The fraction of sp³-hybridized carbons (Fsp3) is 0.217. The maximum Gasteiger partial charge on any atom is 0.322 e. The van der Waals surface area contributed by atoms with E-state index in [1.165, 1.54) is 29.0 Å². The predicted octanol–water partition coefficient (Wildman–Crippen LogP) is 4.03. The molecule has 1 N–H and O–H groups in total. The molecule has 2 heterocycles. The van der Waals surface area contributed by atoms with Gasteiger partial charge in [-0.05, 0) is 48.3 Å². The highest BCUT2D eigenvalue weighted by Gasteiger charge is 2.32. The zero-order chi connectivity index (χ0) is 24.1. The maximum absolute atomic E-state index is 15.1. The van der Waals surface area contributed by atoms with Gasteiger partial charge in [0.1, 0.15) is 10.7 Å². The molecule has 1 aromatic heterocycles. The minimum absolute atomic E-state index is 0.0588. The molecule has 1 saturated heterocycles. The highest BCUT2D eigenvalue weighted by molar-refractivity contribution is 7.92. The Labute approximate surface area is 201 Å². The summed E-state index contributed by atoms with van der Waals surface area (Å²) in [6.07, 6.45) is 2.63. The standard InChI is InChI=1S/C23H23FN4O4S2/c1-2-17-10-22(34(30,31)28(32-16-29)23-14-33-15-26-23)20(24)11-21(17)25-12-18-6-3-4-7-19(18)13-27-8-5-9-27/h2-4,6-7,10-11,14-16,25H,1,5,8-9,12-13H2. The number of carbonyl (C=O) groups excluding carboxylic acids is 1. The van der Waals surface area contributed by atoms with Gasteiger partial charge in [-0.2, -0.15) is 8.42 Å². The molecule has 3 aromatic rings. The van der Waals surface area contributed by atoms with E-state index in [-0.39, 0.29) is 12.3 Å². The number of likely N-dealkylation sites (tertiary alicyclic amines) is 1. The summed E-state index contributed by atoms with van der Waals surface area (Å²) in [6, 6.07) is 10.3. The fourth-order valence-electron chi connectivity index (χ4n) is 3.60. The van der Waals surface area contributed by atoms with E-state index in [9.17, 15) is 13.2 Å². The van der Waals surface area contributed by atoms with Gasteiger partial charge in [-0.25, -0.2) is 9.37 Å². The van der Waals surface area contributed by atoms with Crippen molar-refractivity contribution in [3.63, 3.8) is 0 Å². The number of carbonyl (C=O) groups is 1. The Morgan fingerprint density at radius 1 is 1.26 bits per heavy atom. The first kappa shape index (κ1) is 23.9. The van der Waals surface area contributed by atoms with Crippen LogP contribution in [-0.4, -0.2) is 37.9 Å². The molecule has 0 amide bonds. The summed E-state index contributed by atoms with van der Waals surface area (Å²) in [5.41, 5.74) is 4.38. The monoisotopic (exact) mass is 502 g/mol. The van der Waals surface area contributed by atoms with Crippen LogP contribution in [0.15, 0.2) is 58.8 Å². The Kier molecular flexibility index (Phi) is 7.25. The average molecular weight is 503 g/mol. The van der Waals surface area contributed by atoms with Crippen molar-refractivity contribution in [1.29, 1.82) is 0 Å². The molecule has 2 aromatic carbocycles. The number of hydrogen-bond acceptors (Lipinski definition) is 8. The van der Waals surface area contributed by atoms with Crippen molar-refractivity contribution in [1.82, 2.24) is 9.88 Å². The van der Waals surface area contributed by atoms with Gasteiger partial charge in [-0.15, -0.1) is 11.3 Å². The minimum Gasteiger partial charge on any atom is -0.380 e. The van der Waals surface area contributed by atoms with Gasteiger partial charge in [0, 0.05) is 24.2 Å². The number of nitrogens with zero attached hydrogens (tertiary/aromatic N) is 3. The van der Waals surface area contributed by atoms with Gasteiger partial charge in [0.25, 0.3) is 10.0 Å². The average Bonchev–Trinajstić information content (AvgIpc) is 3.33. The van der Waals surface area contributed by atoms with Gasteiger partial charge in [0.15, 0.2) is 5.82 Å². The fourth-order valence-corrected chi connectivity index (χ4v) is 5.43. The Hall–Kier alpha value is -3.28. The molecule has 0 radical (unpaired) electrons. The van der Waals surface area contributed by atoms with E-state index in [2.05, 4.69) is 32.7 Å². The van der Waals surface area contributed by atoms with Crippen LogP contribution in [0, 0.1) is 5.82 Å². The van der Waals surface area contributed by atoms with E-state index in [0.717, 1.165) is 48.7 Å². The van der Waals surface area contributed by atoms with Crippen LogP contribution in [-0.2, 0) is 32.7 Å². The molecule has 1 aliphatic heterocycles. The SMILES string of the molecule is C=Cc1cc(S(=O)(=O)N(OC=O)c2cscn2)c(F)cc1NCc1ccccc1CN1CCC1. The Morgan fingerprint density at radius 3 is 2.65 bits per heavy atom. The lowest BCUT2D eigenvalue weighted by Gasteiger charge is -2.31. The molecule has 4 rings (SSSR count). The molecule has 178 valence electrons. The number of hydrogen-bond donors (Lipinski definition) is 1. The number of halogens is 1. The van der Waals surface area contributed by atoms with Crippen LogP contribution in [0.1, 0.15) is 23.1 Å². The van der Waals surface area contributed by atoms with Crippen molar-refractivity contribution in [2.24, 2.45) is 0 Å². The summed E-state index contributed by atoms with van der Waals surface area (Å²) in [5.74, 6) is -1.16. The smallest absolute Gasteiger partial charge is 0.322 e. The molecule has 0 unspecified atom stereocenters. The molecule has 0 saturated carbocycles. The first-order valence-corrected chi connectivity index (χ1v) is 12.8. The van der Waals surface area contributed by atoms with Crippen LogP contribution in [0.2, 0.25) is 0 Å². The molecule has 11 heteroatoms. The lowest BCUT2D eigenvalue weighted by atomic mass is 10.0. The number of rotatable bonds is 11. The molecular formula is C23H23FN4O4S2. The Bertz CT molecular complexity index is 1280. The third kappa shape index (κ3) is 4.96. The second kappa shape index (κ2) is 10.3. The molecule has 0 bridgehead atoms. The highest BCUT2D eigenvalue weighted by Crippen LogP contribution is 2.30. The summed E-state index contributed by atoms with van der Waals surface area (Å²) >= 11 is 1.10. The van der Waals surface area contributed by atoms with E-state index in [1.807, 2.05) is 18.2 Å². The zero-order valence-electron chi connectivity index (χ0n) is 18.2. The number of anilines is 2. The van der Waals surface area contributed by atoms with Gasteiger partial charge in [0.05, 0.1) is 5.51 Å². The molecule has 0 aliphatic carbocycles. The quantitative estimate of drug-likeness (QED) is 0.313. The predicted molar refractivity (Wildman–Crippen MR) is 129 cm³/mol. The first-order chi connectivity index (χ1) is 16.4. The minimum atomic E-state index is -4.58. The summed E-state index contributed by atoms with van der Waals surface area (Å²) in [4.78, 5) is 21.1. The van der Waals surface area contributed by atoms with Crippen molar-refractivity contribution in [3.05, 3.63) is 76.4 Å². The van der Waals surface area contributed by atoms with E-state index in [0.29, 0.717) is 22.3 Å². The Morgan fingerprint density at radius 2 is 2.03 bits per heavy atom. The molecule has 1 aliphatic rings. The molecule has 34 heavy (non-hydrogen) atoms. The van der Waals surface area contributed by atoms with Gasteiger partial charge in [-0.1, -0.05) is 41.4 Å². The normalized spacial score (nSPS) is 13.7. The third-order valence-corrected chi connectivity index (χ3v) is 7.65. The van der Waals surface area contributed by atoms with Crippen molar-refractivity contribution in [2.45, 2.75) is 24.4 Å². The largest absolute Gasteiger partial charge is 0.380 e. The summed E-state index contributed by atoms with van der Waals surface area (Å²) in [7, 11) is -4.58. The van der Waals surface area contributed by atoms with Crippen LogP contribution < -0.4 is 9.79 Å². The highest BCUT2D eigenvalue weighted by atomic mass is 32.2. The maximum atomic E-state index is 15.1. The summed E-state index contributed by atoms with van der Waals surface area (Å²) in [5, 5.41) is 4.56.